The van der Waals surface area contributed by atoms with Crippen molar-refractivity contribution in [1.82, 2.24) is 19.5 Å². The van der Waals surface area contributed by atoms with Crippen LogP contribution in [0.3, 0.4) is 0 Å². The predicted octanol–water partition coefficient (Wildman–Crippen LogP) is 4.45. The van der Waals surface area contributed by atoms with Gasteiger partial charge >= 0.3 is 0 Å². The molecule has 2 bridgehead atoms. The molecule has 2 unspecified atom stereocenters. The number of amides is 1. The second kappa shape index (κ2) is 9.54. The van der Waals surface area contributed by atoms with Crippen molar-refractivity contribution in [2.24, 2.45) is 0 Å². The molecular weight excluding hydrogens is 514 g/mol. The number of hydrogen-bond acceptors (Lipinski definition) is 6. The summed E-state index contributed by atoms with van der Waals surface area (Å²) >= 11 is 0. The summed E-state index contributed by atoms with van der Waals surface area (Å²) < 4.78 is 34.8. The smallest absolute Gasteiger partial charge is 0.257 e. The minimum absolute atomic E-state index is 0.0637. The normalized spacial score (nSPS) is 20.2. The molecule has 0 radical (unpaired) electrons. The lowest BCUT2D eigenvalue weighted by Gasteiger charge is -2.56. The van der Waals surface area contributed by atoms with Crippen molar-refractivity contribution in [1.29, 1.82) is 5.26 Å². The Morgan fingerprint density at radius 2 is 1.93 bits per heavy atom. The summed E-state index contributed by atoms with van der Waals surface area (Å²) in [6, 6.07) is 11.2. The molecule has 10 heteroatoms. The number of nitriles is 1. The van der Waals surface area contributed by atoms with Crippen molar-refractivity contribution in [2.45, 2.75) is 24.9 Å². The summed E-state index contributed by atoms with van der Waals surface area (Å²) in [6.45, 7) is 2.39. The highest BCUT2D eigenvalue weighted by Gasteiger charge is 2.48. The van der Waals surface area contributed by atoms with E-state index < -0.39 is 17.5 Å². The van der Waals surface area contributed by atoms with Crippen molar-refractivity contribution >= 4 is 22.8 Å². The molecule has 1 amide bonds. The highest BCUT2D eigenvalue weighted by Crippen LogP contribution is 2.37. The quantitative estimate of drug-likeness (QED) is 0.382. The zero-order chi connectivity index (χ0) is 27.4. The van der Waals surface area contributed by atoms with Crippen LogP contribution in [-0.4, -0.2) is 63.8 Å². The Bertz CT molecular complexity index is 1710. The number of carbonyl (C=O) groups is 1. The van der Waals surface area contributed by atoms with Gasteiger partial charge in [-0.1, -0.05) is 6.08 Å². The Hall–Kier alpha value is -4.62. The van der Waals surface area contributed by atoms with Crippen LogP contribution in [-0.2, 0) is 4.74 Å². The highest BCUT2D eigenvalue weighted by molar-refractivity contribution is 5.96. The van der Waals surface area contributed by atoms with Crippen LogP contribution in [0.1, 0.15) is 34.3 Å². The van der Waals surface area contributed by atoms with Crippen LogP contribution in [0.15, 0.2) is 61.1 Å². The molecule has 3 saturated heterocycles. The van der Waals surface area contributed by atoms with E-state index >= 15 is 0 Å². The molecule has 4 aromatic rings. The van der Waals surface area contributed by atoms with Gasteiger partial charge in [0, 0.05) is 42.7 Å². The van der Waals surface area contributed by atoms with Gasteiger partial charge in [0.15, 0.2) is 0 Å². The Kier molecular flexibility index (Phi) is 5.82. The fourth-order valence-electron chi connectivity index (χ4n) is 6.05. The van der Waals surface area contributed by atoms with E-state index in [1.54, 1.807) is 21.8 Å². The molecule has 8 nitrogen and oxygen atoms in total. The zero-order valence-electron chi connectivity index (χ0n) is 21.4. The maximum Gasteiger partial charge on any atom is 0.257 e. The highest BCUT2D eigenvalue weighted by atomic mass is 19.1. The van der Waals surface area contributed by atoms with Gasteiger partial charge in [0.05, 0.1) is 48.1 Å². The number of halogens is 2. The van der Waals surface area contributed by atoms with Gasteiger partial charge in [-0.15, -0.1) is 0 Å². The maximum absolute atomic E-state index is 14.2. The van der Waals surface area contributed by atoms with Crippen molar-refractivity contribution in [2.75, 3.05) is 31.2 Å². The van der Waals surface area contributed by atoms with Crippen LogP contribution < -0.4 is 4.90 Å². The molecule has 7 heterocycles. The number of benzene rings is 1. The SMILES string of the molecule is N#Cc1cnn2cc(C3=CCOCC3)cc(-c3ccc(N4CC5CC(C4)N5C(=O)c4ccc(F)cc4F)nc3)c12. The number of anilines is 1. The first kappa shape index (κ1) is 24.4. The number of fused-ring (bicyclic) bond motifs is 3. The van der Waals surface area contributed by atoms with Crippen molar-refractivity contribution < 1.29 is 18.3 Å². The minimum Gasteiger partial charge on any atom is -0.377 e. The molecule has 40 heavy (non-hydrogen) atoms. The lowest BCUT2D eigenvalue weighted by Crippen LogP contribution is -2.70. The summed E-state index contributed by atoms with van der Waals surface area (Å²) in [5.74, 6) is -1.16. The Labute approximate surface area is 228 Å². The van der Waals surface area contributed by atoms with Gasteiger partial charge < -0.3 is 14.5 Å². The summed E-state index contributed by atoms with van der Waals surface area (Å²) in [5.41, 5.74) is 5.07. The number of ether oxygens (including phenoxy) is 1. The molecule has 1 aromatic carbocycles. The van der Waals surface area contributed by atoms with E-state index in [0.717, 1.165) is 53.0 Å². The molecule has 0 N–H and O–H groups in total. The molecule has 0 saturated carbocycles. The number of carbonyl (C=O) groups excluding carboxylic acids is 1. The van der Waals surface area contributed by atoms with E-state index in [1.807, 2.05) is 18.3 Å². The number of aromatic nitrogens is 3. The largest absolute Gasteiger partial charge is 0.377 e. The number of pyridine rings is 2. The van der Waals surface area contributed by atoms with E-state index in [4.69, 9.17) is 9.72 Å². The van der Waals surface area contributed by atoms with Crippen LogP contribution in [0.25, 0.3) is 22.2 Å². The number of piperazine rings is 1. The summed E-state index contributed by atoms with van der Waals surface area (Å²) in [6.07, 6.45) is 9.05. The first-order valence-corrected chi connectivity index (χ1v) is 13.2. The van der Waals surface area contributed by atoms with Crippen molar-refractivity contribution in [3.63, 3.8) is 0 Å². The third kappa shape index (κ3) is 4.01. The minimum atomic E-state index is -0.840. The van der Waals surface area contributed by atoms with Gasteiger partial charge in [-0.3, -0.25) is 4.79 Å². The number of hydrogen-bond donors (Lipinski definition) is 0. The standard InChI is InChI=1S/C30H24F2N6O2/c31-22-2-3-25(27(32)10-22)30(39)38-23-11-24(38)17-36(16-23)28-4-1-19(13-34-28)26-9-20(18-5-7-40-8-6-18)15-37-29(26)21(12-33)14-35-37/h1-5,9-10,13-15,23-24H,6-8,11,16-17H2. The molecule has 3 fully saturated rings. The van der Waals surface area contributed by atoms with E-state index in [1.165, 1.54) is 11.6 Å². The topological polar surface area (TPSA) is 86.8 Å². The molecule has 0 aliphatic carbocycles. The van der Waals surface area contributed by atoms with E-state index in [9.17, 15) is 18.8 Å². The molecular formula is C30H24F2N6O2. The fourth-order valence-corrected chi connectivity index (χ4v) is 6.05. The zero-order valence-corrected chi connectivity index (χ0v) is 21.4. The number of rotatable bonds is 4. The van der Waals surface area contributed by atoms with Gasteiger partial charge in [0.25, 0.3) is 5.91 Å². The third-order valence-electron chi connectivity index (χ3n) is 8.04. The van der Waals surface area contributed by atoms with Gasteiger partial charge in [0.2, 0.25) is 0 Å². The Morgan fingerprint density at radius 3 is 2.62 bits per heavy atom. The predicted molar refractivity (Wildman–Crippen MR) is 143 cm³/mol. The van der Waals surface area contributed by atoms with Gasteiger partial charge in [0.1, 0.15) is 23.5 Å². The molecule has 3 aromatic heterocycles. The van der Waals surface area contributed by atoms with Crippen molar-refractivity contribution in [3.05, 3.63) is 89.4 Å². The first-order valence-electron chi connectivity index (χ1n) is 13.2. The van der Waals surface area contributed by atoms with Gasteiger partial charge in [-0.05, 0) is 54.3 Å². The molecule has 0 spiro atoms. The van der Waals surface area contributed by atoms with Gasteiger partial charge in [-0.25, -0.2) is 18.3 Å². The fraction of sp³-hybridized carbons (Fsp3) is 0.267. The lowest BCUT2D eigenvalue weighted by atomic mass is 9.86. The van der Waals surface area contributed by atoms with Crippen LogP contribution in [0.4, 0.5) is 14.6 Å². The summed E-state index contributed by atoms with van der Waals surface area (Å²) in [5, 5.41) is 14.1. The monoisotopic (exact) mass is 538 g/mol. The van der Waals surface area contributed by atoms with Gasteiger partial charge in [-0.2, -0.15) is 10.4 Å². The van der Waals surface area contributed by atoms with E-state index in [2.05, 4.69) is 28.2 Å². The summed E-state index contributed by atoms with van der Waals surface area (Å²) in [7, 11) is 0. The van der Waals surface area contributed by atoms with Crippen LogP contribution >= 0.6 is 0 Å². The maximum atomic E-state index is 14.2. The lowest BCUT2D eigenvalue weighted by molar-refractivity contribution is 0.00537. The van der Waals surface area contributed by atoms with Crippen LogP contribution in [0, 0.1) is 23.0 Å². The third-order valence-corrected chi connectivity index (χ3v) is 8.04. The second-order valence-corrected chi connectivity index (χ2v) is 10.3. The van der Waals surface area contributed by atoms with Crippen LogP contribution in [0.5, 0.6) is 0 Å². The average molecular weight is 539 g/mol. The second-order valence-electron chi connectivity index (χ2n) is 10.3. The Balaban J connectivity index is 1.14. The molecule has 4 aliphatic heterocycles. The molecule has 200 valence electrons. The number of nitrogens with zero attached hydrogens (tertiary/aromatic N) is 6. The number of piperidine rings is 1. The molecule has 4 aliphatic rings. The van der Waals surface area contributed by atoms with Crippen molar-refractivity contribution in [3.8, 4) is 17.2 Å². The molecule has 8 rings (SSSR count). The van der Waals surface area contributed by atoms with E-state index in [-0.39, 0.29) is 17.6 Å². The summed E-state index contributed by atoms with van der Waals surface area (Å²) in [4.78, 5) is 21.6. The Morgan fingerprint density at radius 1 is 1.07 bits per heavy atom. The average Bonchev–Trinajstić information content (AvgIpc) is 3.40. The molecule has 2 atom stereocenters. The first-order chi connectivity index (χ1) is 19.5. The van der Waals surface area contributed by atoms with Crippen LogP contribution in [0.2, 0.25) is 0 Å². The van der Waals surface area contributed by atoms with E-state index in [0.29, 0.717) is 31.9 Å².